The molecule has 0 saturated carbocycles. The lowest BCUT2D eigenvalue weighted by Crippen LogP contribution is -2.43. The van der Waals surface area contributed by atoms with Crippen LogP contribution in [0.25, 0.3) is 0 Å². The molecule has 2 rings (SSSR count). The van der Waals surface area contributed by atoms with Crippen LogP contribution in [0.4, 0.5) is 10.2 Å². The summed E-state index contributed by atoms with van der Waals surface area (Å²) in [4.78, 5) is 20.7. The zero-order chi connectivity index (χ0) is 14.5. The number of nitrogens with two attached hydrogens (primary N) is 1. The number of piperidine rings is 1. The van der Waals surface area contributed by atoms with Crippen LogP contribution < -0.4 is 11.1 Å². The van der Waals surface area contributed by atoms with Crippen LogP contribution in [0.1, 0.15) is 25.5 Å². The molecular weight excluding hydrogens is 261 g/mol. The molecule has 1 aromatic rings. The fourth-order valence-corrected chi connectivity index (χ4v) is 2.40. The van der Waals surface area contributed by atoms with Gasteiger partial charge in [-0.05, 0) is 19.3 Å². The van der Waals surface area contributed by atoms with Gasteiger partial charge in [0.1, 0.15) is 6.33 Å². The summed E-state index contributed by atoms with van der Waals surface area (Å²) in [5, 5.41) is 3.13. The molecule has 0 bridgehead atoms. The van der Waals surface area contributed by atoms with Gasteiger partial charge in [0, 0.05) is 19.1 Å². The zero-order valence-corrected chi connectivity index (χ0v) is 11.6. The van der Waals surface area contributed by atoms with Crippen molar-refractivity contribution in [1.82, 2.24) is 14.9 Å². The highest BCUT2D eigenvalue weighted by Crippen LogP contribution is 2.18. The Morgan fingerprint density at radius 3 is 2.80 bits per heavy atom. The molecule has 2 heterocycles. The molecule has 1 aliphatic heterocycles. The normalized spacial score (nSPS) is 17.1. The molecule has 0 radical (unpaired) electrons. The lowest BCUT2D eigenvalue weighted by molar-refractivity contribution is -0.119. The van der Waals surface area contributed by atoms with E-state index in [1.165, 1.54) is 6.33 Å². The van der Waals surface area contributed by atoms with Crippen molar-refractivity contribution in [3.05, 3.63) is 17.8 Å². The largest absolute Gasteiger partial charge is 0.369 e. The number of nitrogens with one attached hydrogen (secondary N) is 1. The minimum Gasteiger partial charge on any atom is -0.369 e. The number of carbonyl (C=O) groups excluding carboxylic acids is 1. The van der Waals surface area contributed by atoms with E-state index in [0.717, 1.165) is 25.9 Å². The highest BCUT2D eigenvalue weighted by Gasteiger charge is 2.21. The van der Waals surface area contributed by atoms with Crippen LogP contribution in [0, 0.1) is 5.82 Å². The Labute approximate surface area is 117 Å². The van der Waals surface area contributed by atoms with E-state index in [-0.39, 0.29) is 30.1 Å². The summed E-state index contributed by atoms with van der Waals surface area (Å²) in [6, 6.07) is 0.160. The lowest BCUT2D eigenvalue weighted by Gasteiger charge is -2.31. The van der Waals surface area contributed by atoms with E-state index in [9.17, 15) is 9.18 Å². The third kappa shape index (κ3) is 3.63. The third-order valence-corrected chi connectivity index (χ3v) is 3.50. The number of amides is 1. The SMILES string of the molecule is CCc1ncnc(NC2CCN(CC(N)=O)CC2)c1F. The van der Waals surface area contributed by atoms with Crippen molar-refractivity contribution >= 4 is 11.7 Å². The van der Waals surface area contributed by atoms with Gasteiger partial charge in [-0.1, -0.05) is 6.92 Å². The Morgan fingerprint density at radius 1 is 1.50 bits per heavy atom. The van der Waals surface area contributed by atoms with Crippen molar-refractivity contribution in [2.75, 3.05) is 25.0 Å². The second-order valence-corrected chi connectivity index (χ2v) is 5.00. The number of hydrogen-bond donors (Lipinski definition) is 2. The molecular formula is C13H20FN5O. The van der Waals surface area contributed by atoms with E-state index in [0.29, 0.717) is 12.1 Å². The minimum atomic E-state index is -0.366. The van der Waals surface area contributed by atoms with Crippen molar-refractivity contribution < 1.29 is 9.18 Å². The van der Waals surface area contributed by atoms with Crippen molar-refractivity contribution in [1.29, 1.82) is 0 Å². The zero-order valence-electron chi connectivity index (χ0n) is 11.6. The molecule has 110 valence electrons. The second-order valence-electron chi connectivity index (χ2n) is 5.00. The van der Waals surface area contributed by atoms with Crippen LogP contribution in [-0.2, 0) is 11.2 Å². The van der Waals surface area contributed by atoms with Gasteiger partial charge in [0.2, 0.25) is 5.91 Å². The maximum Gasteiger partial charge on any atom is 0.231 e. The maximum atomic E-state index is 14.0. The van der Waals surface area contributed by atoms with E-state index in [4.69, 9.17) is 5.73 Å². The summed E-state index contributed by atoms with van der Waals surface area (Å²) in [6.45, 7) is 3.69. The number of carbonyl (C=O) groups is 1. The Morgan fingerprint density at radius 2 is 2.20 bits per heavy atom. The van der Waals surface area contributed by atoms with Crippen LogP contribution >= 0.6 is 0 Å². The van der Waals surface area contributed by atoms with Gasteiger partial charge >= 0.3 is 0 Å². The van der Waals surface area contributed by atoms with Crippen LogP contribution in [-0.4, -0.2) is 46.5 Å². The summed E-state index contributed by atoms with van der Waals surface area (Å²) < 4.78 is 14.0. The molecule has 1 fully saturated rings. The van der Waals surface area contributed by atoms with Crippen molar-refractivity contribution in [2.24, 2.45) is 5.73 Å². The Kier molecular flexibility index (Phi) is 4.84. The average Bonchev–Trinajstić information content (AvgIpc) is 2.43. The first-order chi connectivity index (χ1) is 9.60. The number of aromatic nitrogens is 2. The predicted octanol–water partition coefficient (Wildman–Crippen LogP) is 0.540. The smallest absolute Gasteiger partial charge is 0.231 e. The highest BCUT2D eigenvalue weighted by molar-refractivity contribution is 5.75. The lowest BCUT2D eigenvalue weighted by atomic mass is 10.0. The topological polar surface area (TPSA) is 84.1 Å². The standard InChI is InChI=1S/C13H20FN5O/c1-2-10-12(14)13(17-8-16-10)18-9-3-5-19(6-4-9)7-11(15)20/h8-9H,2-7H2,1H3,(H2,15,20)(H,16,17,18). The number of nitrogens with zero attached hydrogens (tertiary/aromatic N) is 3. The first-order valence-corrected chi connectivity index (χ1v) is 6.86. The monoisotopic (exact) mass is 281 g/mol. The summed E-state index contributed by atoms with van der Waals surface area (Å²) in [5.74, 6) is -0.411. The first kappa shape index (κ1) is 14.6. The van der Waals surface area contributed by atoms with Gasteiger partial charge in [-0.15, -0.1) is 0 Å². The molecule has 0 spiro atoms. The minimum absolute atomic E-state index is 0.160. The molecule has 3 N–H and O–H groups in total. The van der Waals surface area contributed by atoms with E-state index >= 15 is 0 Å². The quantitative estimate of drug-likeness (QED) is 0.823. The van der Waals surface area contributed by atoms with Gasteiger partial charge in [0.05, 0.1) is 12.2 Å². The number of likely N-dealkylation sites (tertiary alicyclic amines) is 1. The van der Waals surface area contributed by atoms with Crippen molar-refractivity contribution in [3.8, 4) is 0 Å². The van der Waals surface area contributed by atoms with E-state index in [2.05, 4.69) is 15.3 Å². The van der Waals surface area contributed by atoms with Gasteiger partial charge in [0.15, 0.2) is 11.6 Å². The summed E-state index contributed by atoms with van der Waals surface area (Å²) >= 11 is 0. The average molecular weight is 281 g/mol. The second kappa shape index (κ2) is 6.60. The van der Waals surface area contributed by atoms with Crippen LogP contribution in [0.5, 0.6) is 0 Å². The Balaban J connectivity index is 1.91. The maximum absolute atomic E-state index is 14.0. The van der Waals surface area contributed by atoms with Gasteiger partial charge in [0.25, 0.3) is 0 Å². The fourth-order valence-electron chi connectivity index (χ4n) is 2.40. The number of halogens is 1. The molecule has 1 amide bonds. The fraction of sp³-hybridized carbons (Fsp3) is 0.615. The number of hydrogen-bond acceptors (Lipinski definition) is 5. The van der Waals surface area contributed by atoms with Crippen LogP contribution in [0.15, 0.2) is 6.33 Å². The molecule has 0 aromatic carbocycles. The molecule has 20 heavy (non-hydrogen) atoms. The molecule has 1 saturated heterocycles. The molecule has 0 atom stereocenters. The van der Waals surface area contributed by atoms with Crippen molar-refractivity contribution in [3.63, 3.8) is 0 Å². The molecule has 1 aliphatic rings. The van der Waals surface area contributed by atoms with Gasteiger partial charge in [-0.25, -0.2) is 14.4 Å². The highest BCUT2D eigenvalue weighted by atomic mass is 19.1. The van der Waals surface area contributed by atoms with E-state index in [1.54, 1.807) is 0 Å². The van der Waals surface area contributed by atoms with Crippen molar-refractivity contribution in [2.45, 2.75) is 32.2 Å². The summed E-state index contributed by atoms with van der Waals surface area (Å²) in [7, 11) is 0. The molecule has 1 aromatic heterocycles. The van der Waals surface area contributed by atoms with E-state index < -0.39 is 0 Å². The number of rotatable bonds is 5. The summed E-state index contributed by atoms with van der Waals surface area (Å²) in [6.07, 6.45) is 3.59. The Hall–Kier alpha value is -1.76. The molecule has 0 aliphatic carbocycles. The first-order valence-electron chi connectivity index (χ1n) is 6.86. The van der Waals surface area contributed by atoms with Gasteiger partial charge < -0.3 is 11.1 Å². The molecule has 6 nitrogen and oxygen atoms in total. The number of primary amides is 1. The summed E-state index contributed by atoms with van der Waals surface area (Å²) in [5.41, 5.74) is 5.60. The van der Waals surface area contributed by atoms with Crippen LogP contribution in [0.2, 0.25) is 0 Å². The predicted molar refractivity (Wildman–Crippen MR) is 73.6 cm³/mol. The van der Waals surface area contributed by atoms with Gasteiger partial charge in [-0.3, -0.25) is 9.69 Å². The molecule has 7 heteroatoms. The van der Waals surface area contributed by atoms with E-state index in [1.807, 2.05) is 11.8 Å². The third-order valence-electron chi connectivity index (χ3n) is 3.50. The molecule has 0 unspecified atom stereocenters. The van der Waals surface area contributed by atoms with Gasteiger partial charge in [-0.2, -0.15) is 0 Å². The Bertz CT molecular complexity index is 474. The number of aryl methyl sites for hydroxylation is 1. The van der Waals surface area contributed by atoms with Crippen LogP contribution in [0.3, 0.4) is 0 Å². The number of anilines is 1.